The number of hydrogen-bond donors (Lipinski definition) is 0. The van der Waals surface area contributed by atoms with Crippen molar-refractivity contribution in [3.8, 4) is 11.5 Å². The number of fused-ring (bicyclic) bond motifs is 1. The maximum absolute atomic E-state index is 12.3. The van der Waals surface area contributed by atoms with Gasteiger partial charge < -0.3 is 14.2 Å². The number of carbonyl (C=O) groups excluding carboxylic acids is 1. The minimum absolute atomic E-state index is 0.0596. The highest BCUT2D eigenvalue weighted by atomic mass is 16.7. The van der Waals surface area contributed by atoms with Gasteiger partial charge in [-0.05, 0) is 36.6 Å². The molecule has 1 aromatic carbocycles. The molecule has 0 spiro atoms. The van der Waals surface area contributed by atoms with Gasteiger partial charge in [-0.25, -0.2) is 0 Å². The normalized spacial score (nSPS) is 22.7. The lowest BCUT2D eigenvalue weighted by atomic mass is 10.1. The lowest BCUT2D eigenvalue weighted by Gasteiger charge is -2.14. The van der Waals surface area contributed by atoms with Crippen LogP contribution in [0.25, 0.3) is 0 Å². The number of carbonyl (C=O) groups is 1. The average molecular weight is 314 g/mol. The second-order valence-electron chi connectivity index (χ2n) is 6.09. The molecule has 1 saturated carbocycles. The Bertz CT molecular complexity index is 755. The average Bonchev–Trinajstić information content (AvgIpc) is 2.99. The maximum Gasteiger partial charge on any atom is 0.310 e. The van der Waals surface area contributed by atoms with Crippen LogP contribution in [0.2, 0.25) is 0 Å². The van der Waals surface area contributed by atoms with Crippen molar-refractivity contribution in [2.24, 2.45) is 13.0 Å². The summed E-state index contributed by atoms with van der Waals surface area (Å²) in [5.74, 6) is 1.45. The molecule has 0 unspecified atom stereocenters. The fourth-order valence-corrected chi connectivity index (χ4v) is 2.95. The molecule has 2 aliphatic rings. The molecule has 1 aliphatic carbocycles. The van der Waals surface area contributed by atoms with Crippen LogP contribution in [0, 0.1) is 5.92 Å². The van der Waals surface area contributed by atoms with Crippen molar-refractivity contribution in [3.05, 3.63) is 41.7 Å². The molecule has 0 radical (unpaired) electrons. The smallest absolute Gasteiger partial charge is 0.310 e. The van der Waals surface area contributed by atoms with Crippen molar-refractivity contribution in [3.63, 3.8) is 0 Å². The topological polar surface area (TPSA) is 62.6 Å². The summed E-state index contributed by atoms with van der Waals surface area (Å²) in [6.45, 7) is 2.11. The molecular formula is C17H18N2O4. The third-order valence-corrected chi connectivity index (χ3v) is 4.41. The SMILES string of the molecule is C[C@H](OC(=O)[C@@H]1C[C@H]1c1cnn(C)c1)c1ccc2c(c1)OCO2. The van der Waals surface area contributed by atoms with E-state index >= 15 is 0 Å². The molecule has 2 aromatic rings. The number of benzene rings is 1. The van der Waals surface area contributed by atoms with Crippen LogP contribution in [0.1, 0.15) is 36.5 Å². The summed E-state index contributed by atoms with van der Waals surface area (Å²) in [7, 11) is 1.88. The molecular weight excluding hydrogens is 296 g/mol. The Morgan fingerprint density at radius 2 is 2.22 bits per heavy atom. The third kappa shape index (κ3) is 2.65. The zero-order chi connectivity index (χ0) is 16.0. The number of esters is 1. The van der Waals surface area contributed by atoms with Gasteiger partial charge in [-0.15, -0.1) is 0 Å². The van der Waals surface area contributed by atoms with Gasteiger partial charge in [0, 0.05) is 19.2 Å². The number of aromatic nitrogens is 2. The van der Waals surface area contributed by atoms with E-state index < -0.39 is 0 Å². The Morgan fingerprint density at radius 3 is 3.00 bits per heavy atom. The van der Waals surface area contributed by atoms with Crippen molar-refractivity contribution in [2.75, 3.05) is 6.79 Å². The largest absolute Gasteiger partial charge is 0.458 e. The number of hydrogen-bond acceptors (Lipinski definition) is 5. The molecule has 0 bridgehead atoms. The first kappa shape index (κ1) is 14.1. The summed E-state index contributed by atoms with van der Waals surface area (Å²) in [4.78, 5) is 12.3. The van der Waals surface area contributed by atoms with Gasteiger partial charge in [0.2, 0.25) is 6.79 Å². The molecule has 120 valence electrons. The maximum atomic E-state index is 12.3. The summed E-state index contributed by atoms with van der Waals surface area (Å²) in [6, 6.07) is 5.61. The summed E-state index contributed by atoms with van der Waals surface area (Å²) in [6.07, 6.45) is 4.30. The van der Waals surface area contributed by atoms with Crippen LogP contribution < -0.4 is 9.47 Å². The van der Waals surface area contributed by atoms with Crippen LogP contribution in [0.15, 0.2) is 30.6 Å². The van der Waals surface area contributed by atoms with Gasteiger partial charge in [-0.1, -0.05) is 6.07 Å². The zero-order valence-corrected chi connectivity index (χ0v) is 13.1. The monoisotopic (exact) mass is 314 g/mol. The van der Waals surface area contributed by atoms with Crippen molar-refractivity contribution in [2.45, 2.75) is 25.4 Å². The van der Waals surface area contributed by atoms with Crippen molar-refractivity contribution in [1.82, 2.24) is 9.78 Å². The molecule has 6 nitrogen and oxygen atoms in total. The van der Waals surface area contributed by atoms with Crippen LogP contribution in [-0.2, 0) is 16.6 Å². The summed E-state index contributed by atoms with van der Waals surface area (Å²) in [5.41, 5.74) is 2.01. The number of nitrogens with zero attached hydrogens (tertiary/aromatic N) is 2. The number of aryl methyl sites for hydroxylation is 1. The number of ether oxygens (including phenoxy) is 3. The zero-order valence-electron chi connectivity index (χ0n) is 13.1. The van der Waals surface area contributed by atoms with E-state index in [-0.39, 0.29) is 30.7 Å². The molecule has 0 amide bonds. The Balaban J connectivity index is 1.39. The van der Waals surface area contributed by atoms with Crippen molar-refractivity contribution < 1.29 is 19.0 Å². The highest BCUT2D eigenvalue weighted by Gasteiger charge is 2.46. The lowest BCUT2D eigenvalue weighted by Crippen LogP contribution is -2.11. The molecule has 1 aliphatic heterocycles. The van der Waals surface area contributed by atoms with Gasteiger partial charge in [0.25, 0.3) is 0 Å². The van der Waals surface area contributed by atoms with Crippen LogP contribution in [-0.4, -0.2) is 22.5 Å². The van der Waals surface area contributed by atoms with Gasteiger partial charge in [0.15, 0.2) is 11.5 Å². The second kappa shape index (κ2) is 5.30. The van der Waals surface area contributed by atoms with Crippen LogP contribution in [0.3, 0.4) is 0 Å². The molecule has 1 fully saturated rings. The fourth-order valence-electron chi connectivity index (χ4n) is 2.95. The first-order valence-electron chi connectivity index (χ1n) is 7.70. The van der Waals surface area contributed by atoms with E-state index in [1.165, 1.54) is 0 Å². The molecule has 0 N–H and O–H groups in total. The molecule has 4 rings (SSSR count). The molecule has 0 saturated heterocycles. The van der Waals surface area contributed by atoms with E-state index in [2.05, 4.69) is 5.10 Å². The quantitative estimate of drug-likeness (QED) is 0.812. The predicted octanol–water partition coefficient (Wildman–Crippen LogP) is 2.56. The lowest BCUT2D eigenvalue weighted by molar-refractivity contribution is -0.150. The van der Waals surface area contributed by atoms with Crippen LogP contribution in [0.5, 0.6) is 11.5 Å². The van der Waals surface area contributed by atoms with E-state index in [1.54, 1.807) is 4.68 Å². The van der Waals surface area contributed by atoms with E-state index in [0.29, 0.717) is 5.75 Å². The minimum Gasteiger partial charge on any atom is -0.458 e. The Kier molecular flexibility index (Phi) is 3.25. The molecule has 6 heteroatoms. The fraction of sp³-hybridized carbons (Fsp3) is 0.412. The van der Waals surface area contributed by atoms with Crippen LogP contribution in [0.4, 0.5) is 0 Å². The predicted molar refractivity (Wildman–Crippen MR) is 81.1 cm³/mol. The minimum atomic E-state index is -0.313. The Hall–Kier alpha value is -2.50. The van der Waals surface area contributed by atoms with E-state index in [0.717, 1.165) is 23.3 Å². The highest BCUT2D eigenvalue weighted by Crippen LogP contribution is 2.48. The van der Waals surface area contributed by atoms with E-state index in [4.69, 9.17) is 14.2 Å². The molecule has 1 aromatic heterocycles. The van der Waals surface area contributed by atoms with Crippen molar-refractivity contribution in [1.29, 1.82) is 0 Å². The van der Waals surface area contributed by atoms with Gasteiger partial charge >= 0.3 is 5.97 Å². The summed E-state index contributed by atoms with van der Waals surface area (Å²) >= 11 is 0. The summed E-state index contributed by atoms with van der Waals surface area (Å²) < 4.78 is 18.0. The first-order chi connectivity index (χ1) is 11.1. The molecule has 3 atom stereocenters. The van der Waals surface area contributed by atoms with Gasteiger partial charge in [0.1, 0.15) is 6.10 Å². The molecule has 2 heterocycles. The Labute approximate surface area is 134 Å². The van der Waals surface area contributed by atoms with Crippen LogP contribution >= 0.6 is 0 Å². The van der Waals surface area contributed by atoms with E-state index in [1.807, 2.05) is 44.6 Å². The third-order valence-electron chi connectivity index (χ3n) is 4.41. The van der Waals surface area contributed by atoms with Gasteiger partial charge in [-0.2, -0.15) is 5.10 Å². The van der Waals surface area contributed by atoms with Gasteiger partial charge in [0.05, 0.1) is 12.1 Å². The first-order valence-corrected chi connectivity index (χ1v) is 7.70. The van der Waals surface area contributed by atoms with Gasteiger partial charge in [-0.3, -0.25) is 9.48 Å². The summed E-state index contributed by atoms with van der Waals surface area (Å²) in [5, 5.41) is 4.15. The molecule has 23 heavy (non-hydrogen) atoms. The Morgan fingerprint density at radius 1 is 1.39 bits per heavy atom. The van der Waals surface area contributed by atoms with Crippen molar-refractivity contribution >= 4 is 5.97 Å². The standard InChI is InChI=1S/C17H18N2O4/c1-10(11-3-4-15-16(5-11)22-9-21-15)23-17(20)14-6-13(14)12-7-18-19(2)8-12/h3-5,7-8,10,13-14H,6,9H2,1-2H3/t10-,13-,14+/m0/s1. The second-order valence-corrected chi connectivity index (χ2v) is 6.09. The highest BCUT2D eigenvalue weighted by molar-refractivity contribution is 5.77. The number of rotatable bonds is 4. The van der Waals surface area contributed by atoms with E-state index in [9.17, 15) is 4.79 Å².